The first kappa shape index (κ1) is 16.1. The van der Waals surface area contributed by atoms with Crippen molar-refractivity contribution in [3.05, 3.63) is 58.7 Å². The van der Waals surface area contributed by atoms with Crippen LogP contribution in [0.2, 0.25) is 0 Å². The summed E-state index contributed by atoms with van der Waals surface area (Å²) in [7, 11) is 0. The summed E-state index contributed by atoms with van der Waals surface area (Å²) in [4.78, 5) is 0. The maximum atomic E-state index is 8.94. The predicted octanol–water partition coefficient (Wildman–Crippen LogP) is 2.27. The highest BCUT2D eigenvalue weighted by Crippen LogP contribution is 2.27. The van der Waals surface area contributed by atoms with Gasteiger partial charge in [0.25, 0.3) is 0 Å². The van der Waals surface area contributed by atoms with Crippen molar-refractivity contribution in [1.29, 1.82) is 21.0 Å². The minimum atomic E-state index is -0.398. The lowest BCUT2D eigenvalue weighted by molar-refractivity contribution is 0.403. The first-order valence-electron chi connectivity index (χ1n) is 5.82. The Morgan fingerprint density at radius 2 is 0.909 bits per heavy atom. The van der Waals surface area contributed by atoms with Gasteiger partial charge >= 0.3 is 0 Å². The zero-order chi connectivity index (χ0) is 16.5. The van der Waals surface area contributed by atoms with E-state index in [1.165, 1.54) is 0 Å². The molecule has 0 bridgehead atoms. The Bertz CT molecular complexity index is 790. The Balaban J connectivity index is 0.000000224. The van der Waals surface area contributed by atoms with E-state index in [0.29, 0.717) is 11.1 Å². The fraction of sp³-hybridized carbons (Fsp3) is 0. The number of aromatic hydroxyl groups is 2. The molecule has 0 amide bonds. The summed E-state index contributed by atoms with van der Waals surface area (Å²) in [6, 6.07) is 16.1. The molecule has 0 aromatic heterocycles. The summed E-state index contributed by atoms with van der Waals surface area (Å²) in [5.41, 5.74) is 0.968. The molecule has 0 saturated carbocycles. The summed E-state index contributed by atoms with van der Waals surface area (Å²) < 4.78 is 0. The maximum absolute atomic E-state index is 8.94. The summed E-state index contributed by atoms with van der Waals surface area (Å²) in [6.45, 7) is 0. The first-order chi connectivity index (χ1) is 10.6. The van der Waals surface area contributed by atoms with Crippen LogP contribution < -0.4 is 0 Å². The number of hydrogen-bond donors (Lipinski definition) is 2. The molecule has 0 atom stereocenters. The van der Waals surface area contributed by atoms with Gasteiger partial charge in [0.1, 0.15) is 24.3 Å². The predicted molar refractivity (Wildman–Crippen MR) is 75.1 cm³/mol. The molecule has 0 unspecified atom stereocenters. The van der Waals surface area contributed by atoms with Gasteiger partial charge in [0, 0.05) is 12.1 Å². The van der Waals surface area contributed by atoms with Gasteiger partial charge in [-0.15, -0.1) is 0 Å². The topological polar surface area (TPSA) is 136 Å². The van der Waals surface area contributed by atoms with Crippen molar-refractivity contribution < 1.29 is 10.2 Å². The molecule has 6 heteroatoms. The molecule has 0 aliphatic carbocycles. The Kier molecular flexibility index (Phi) is 5.51. The fourth-order valence-electron chi connectivity index (χ4n) is 1.44. The third-order valence-corrected chi connectivity index (χ3v) is 2.52. The van der Waals surface area contributed by atoms with Crippen LogP contribution in [0.5, 0.6) is 11.5 Å². The molecule has 0 spiro atoms. The van der Waals surface area contributed by atoms with E-state index >= 15 is 0 Å². The molecule has 0 fully saturated rings. The van der Waals surface area contributed by atoms with E-state index in [-0.39, 0.29) is 11.1 Å². The second-order valence-corrected chi connectivity index (χ2v) is 3.88. The van der Waals surface area contributed by atoms with Crippen molar-refractivity contribution in [2.45, 2.75) is 0 Å². The summed E-state index contributed by atoms with van der Waals surface area (Å²) >= 11 is 0. The van der Waals surface area contributed by atoms with Gasteiger partial charge in [-0.1, -0.05) is 12.1 Å². The molecule has 0 heterocycles. The minimum Gasteiger partial charge on any atom is -0.504 e. The number of phenols is 2. The summed E-state index contributed by atoms with van der Waals surface area (Å²) in [5.74, 6) is -0.795. The third-order valence-electron chi connectivity index (χ3n) is 2.52. The molecule has 6 nitrogen and oxygen atoms in total. The third kappa shape index (κ3) is 3.75. The highest BCUT2D eigenvalue weighted by Gasteiger charge is 2.06. The molecule has 22 heavy (non-hydrogen) atoms. The second kappa shape index (κ2) is 7.56. The van der Waals surface area contributed by atoms with E-state index in [1.807, 2.05) is 12.1 Å². The quantitative estimate of drug-likeness (QED) is 0.713. The number of benzene rings is 2. The van der Waals surface area contributed by atoms with Crippen LogP contribution in [0.25, 0.3) is 0 Å². The lowest BCUT2D eigenvalue weighted by atomic mass is 10.1. The van der Waals surface area contributed by atoms with Crippen LogP contribution in [0.4, 0.5) is 0 Å². The van der Waals surface area contributed by atoms with Gasteiger partial charge in [0.2, 0.25) is 0 Å². The van der Waals surface area contributed by atoms with Crippen LogP contribution in [-0.4, -0.2) is 10.2 Å². The summed E-state index contributed by atoms with van der Waals surface area (Å²) in [6.07, 6.45) is 0. The van der Waals surface area contributed by atoms with E-state index in [4.69, 9.17) is 31.3 Å². The lowest BCUT2D eigenvalue weighted by Gasteiger charge is -1.98. The van der Waals surface area contributed by atoms with Crippen molar-refractivity contribution >= 4 is 0 Å². The van der Waals surface area contributed by atoms with Gasteiger partial charge < -0.3 is 10.2 Å². The second-order valence-electron chi connectivity index (χ2n) is 3.88. The van der Waals surface area contributed by atoms with Gasteiger partial charge in [0.05, 0.1) is 22.3 Å². The van der Waals surface area contributed by atoms with Crippen LogP contribution in [0.15, 0.2) is 36.4 Å². The van der Waals surface area contributed by atoms with Crippen LogP contribution >= 0.6 is 0 Å². The van der Waals surface area contributed by atoms with Gasteiger partial charge in [-0.05, 0) is 12.1 Å². The molecule has 2 N–H and O–H groups in total. The number of hydrogen-bond acceptors (Lipinski definition) is 6. The first-order valence-corrected chi connectivity index (χ1v) is 5.82. The average molecular weight is 288 g/mol. The standard InChI is InChI=1S/C8H4N2O2.C8H4N2/c9-3-5-1-7(11)8(12)2-6(5)4-10;9-5-7-3-1-2-4-8(7)6-10/h1-2,11-12H;1-4H. The van der Waals surface area contributed by atoms with E-state index in [9.17, 15) is 0 Å². The Labute approximate surface area is 126 Å². The van der Waals surface area contributed by atoms with E-state index in [0.717, 1.165) is 12.1 Å². The zero-order valence-electron chi connectivity index (χ0n) is 11.1. The van der Waals surface area contributed by atoms with Crippen molar-refractivity contribution in [3.63, 3.8) is 0 Å². The zero-order valence-corrected chi connectivity index (χ0v) is 11.1. The lowest BCUT2D eigenvalue weighted by Crippen LogP contribution is -1.82. The van der Waals surface area contributed by atoms with Crippen LogP contribution in [0.1, 0.15) is 22.3 Å². The highest BCUT2D eigenvalue weighted by atomic mass is 16.3. The summed E-state index contributed by atoms with van der Waals surface area (Å²) in [5, 5.41) is 51.7. The van der Waals surface area contributed by atoms with Gasteiger partial charge in [-0.3, -0.25) is 0 Å². The number of nitrogens with zero attached hydrogens (tertiary/aromatic N) is 4. The molecule has 0 saturated heterocycles. The maximum Gasteiger partial charge on any atom is 0.158 e. The molecule has 2 aromatic rings. The van der Waals surface area contributed by atoms with Crippen molar-refractivity contribution in [3.8, 4) is 35.8 Å². The number of nitriles is 4. The van der Waals surface area contributed by atoms with E-state index in [2.05, 4.69) is 0 Å². The smallest absolute Gasteiger partial charge is 0.158 e. The number of rotatable bonds is 0. The molecule has 104 valence electrons. The van der Waals surface area contributed by atoms with Gasteiger partial charge in [-0.2, -0.15) is 21.0 Å². The van der Waals surface area contributed by atoms with Crippen molar-refractivity contribution in [1.82, 2.24) is 0 Å². The molecule has 0 aliphatic heterocycles. The fourth-order valence-corrected chi connectivity index (χ4v) is 1.44. The number of phenolic OH excluding ortho intramolecular Hbond substituents is 2. The normalized spacial score (nSPS) is 8.18. The molecular formula is C16H8N4O2. The minimum absolute atomic E-state index is 0.0489. The molecule has 0 radical (unpaired) electrons. The Morgan fingerprint density at radius 3 is 1.18 bits per heavy atom. The molecular weight excluding hydrogens is 280 g/mol. The van der Waals surface area contributed by atoms with E-state index < -0.39 is 11.5 Å². The van der Waals surface area contributed by atoms with E-state index in [1.54, 1.807) is 36.4 Å². The average Bonchev–Trinajstić information content (AvgIpc) is 2.57. The van der Waals surface area contributed by atoms with Crippen LogP contribution in [0.3, 0.4) is 0 Å². The SMILES string of the molecule is N#Cc1cc(O)c(O)cc1C#N.N#Cc1ccccc1C#N. The highest BCUT2D eigenvalue weighted by molar-refractivity contribution is 5.54. The monoisotopic (exact) mass is 288 g/mol. The van der Waals surface area contributed by atoms with Crippen molar-refractivity contribution in [2.75, 3.05) is 0 Å². The van der Waals surface area contributed by atoms with Crippen LogP contribution in [-0.2, 0) is 0 Å². The largest absolute Gasteiger partial charge is 0.504 e. The Morgan fingerprint density at radius 1 is 0.591 bits per heavy atom. The van der Waals surface area contributed by atoms with Crippen molar-refractivity contribution in [2.24, 2.45) is 0 Å². The molecule has 0 aliphatic rings. The van der Waals surface area contributed by atoms with Gasteiger partial charge in [-0.25, -0.2) is 0 Å². The molecule has 2 aromatic carbocycles. The van der Waals surface area contributed by atoms with Crippen LogP contribution in [0, 0.1) is 45.3 Å². The molecule has 2 rings (SSSR count). The van der Waals surface area contributed by atoms with Gasteiger partial charge in [0.15, 0.2) is 11.5 Å². The Hall–Kier alpha value is -4.00.